The minimum Gasteiger partial charge on any atom is -0.396 e. The third-order valence-corrected chi connectivity index (χ3v) is 6.06. The topological polar surface area (TPSA) is 63.0 Å². The summed E-state index contributed by atoms with van der Waals surface area (Å²) >= 11 is 0. The summed E-state index contributed by atoms with van der Waals surface area (Å²) in [6, 6.07) is 10.7. The van der Waals surface area contributed by atoms with Gasteiger partial charge >= 0.3 is 0 Å². The number of aliphatic hydroxyl groups is 1. The second-order valence-corrected chi connectivity index (χ2v) is 7.59. The monoisotopic (exact) mass is 340 g/mol. The summed E-state index contributed by atoms with van der Waals surface area (Å²) in [5, 5.41) is 22.7. The Labute approximate surface area is 149 Å². The molecule has 2 aromatic rings. The Morgan fingerprint density at radius 3 is 2.64 bits per heavy atom. The van der Waals surface area contributed by atoms with E-state index in [0.29, 0.717) is 6.54 Å². The van der Waals surface area contributed by atoms with Crippen molar-refractivity contribution in [3.8, 4) is 0 Å². The van der Waals surface area contributed by atoms with Gasteiger partial charge in [0, 0.05) is 24.4 Å². The third kappa shape index (κ3) is 3.23. The highest BCUT2D eigenvalue weighted by Gasteiger charge is 2.44. The van der Waals surface area contributed by atoms with E-state index in [1.807, 2.05) is 6.07 Å². The first-order chi connectivity index (χ1) is 12.3. The number of fused-ring (bicyclic) bond motifs is 1. The molecule has 1 aromatic carbocycles. The molecule has 1 atom stereocenters. The van der Waals surface area contributed by atoms with Crippen LogP contribution in [0.5, 0.6) is 0 Å². The fraction of sp³-hybridized carbons (Fsp3) is 0.600. The Morgan fingerprint density at radius 1 is 1.08 bits per heavy atom. The van der Waals surface area contributed by atoms with E-state index in [2.05, 4.69) is 44.3 Å². The number of nitrogens with one attached hydrogen (secondary N) is 1. The summed E-state index contributed by atoms with van der Waals surface area (Å²) in [5.41, 5.74) is 1.22. The highest BCUT2D eigenvalue weighted by Crippen LogP contribution is 2.49. The van der Waals surface area contributed by atoms with E-state index in [1.165, 1.54) is 31.2 Å². The number of aliphatic hydroxyl groups excluding tert-OH is 1. The number of hydrogen-bond donors (Lipinski definition) is 2. The third-order valence-electron chi connectivity index (χ3n) is 6.06. The first-order valence-corrected chi connectivity index (χ1v) is 9.62. The van der Waals surface area contributed by atoms with E-state index in [1.54, 1.807) is 0 Å². The summed E-state index contributed by atoms with van der Waals surface area (Å²) in [5.74, 6) is 2.16. The molecular weight excluding hydrogens is 312 g/mol. The van der Waals surface area contributed by atoms with Crippen molar-refractivity contribution < 1.29 is 5.11 Å². The molecule has 4 rings (SSSR count). The molecule has 1 fully saturated rings. The van der Waals surface area contributed by atoms with Gasteiger partial charge in [0.2, 0.25) is 0 Å². The van der Waals surface area contributed by atoms with Gasteiger partial charge in [-0.3, -0.25) is 0 Å². The van der Waals surface area contributed by atoms with Crippen molar-refractivity contribution in [1.82, 2.24) is 20.1 Å². The van der Waals surface area contributed by atoms with E-state index in [9.17, 15) is 5.11 Å². The Bertz CT molecular complexity index is 687. The van der Waals surface area contributed by atoms with E-state index < -0.39 is 0 Å². The Hall–Kier alpha value is -1.72. The maximum atomic E-state index is 10.1. The molecule has 0 radical (unpaired) electrons. The van der Waals surface area contributed by atoms with Crippen LogP contribution in [-0.4, -0.2) is 26.5 Å². The second-order valence-electron chi connectivity index (χ2n) is 7.59. The molecule has 1 saturated carbocycles. The maximum absolute atomic E-state index is 10.1. The predicted molar refractivity (Wildman–Crippen MR) is 97.0 cm³/mol. The van der Waals surface area contributed by atoms with Crippen LogP contribution < -0.4 is 5.32 Å². The highest BCUT2D eigenvalue weighted by atomic mass is 16.3. The lowest BCUT2D eigenvalue weighted by atomic mass is 9.63. The van der Waals surface area contributed by atoms with E-state index in [-0.39, 0.29) is 18.1 Å². The molecule has 2 aliphatic rings. The number of rotatable bonds is 6. The molecule has 2 N–H and O–H groups in total. The Morgan fingerprint density at radius 2 is 1.92 bits per heavy atom. The van der Waals surface area contributed by atoms with Crippen LogP contribution in [0.1, 0.15) is 61.8 Å². The fourth-order valence-electron chi connectivity index (χ4n) is 4.37. The lowest BCUT2D eigenvalue weighted by Crippen LogP contribution is -2.45. The molecule has 1 aromatic heterocycles. The zero-order chi connectivity index (χ0) is 17.1. The number of benzene rings is 1. The van der Waals surface area contributed by atoms with Gasteiger partial charge in [0.25, 0.3) is 0 Å². The number of hydrogen-bond acceptors (Lipinski definition) is 4. The van der Waals surface area contributed by atoms with Crippen LogP contribution in [0.25, 0.3) is 0 Å². The van der Waals surface area contributed by atoms with Crippen LogP contribution >= 0.6 is 0 Å². The van der Waals surface area contributed by atoms with Gasteiger partial charge in [-0.25, -0.2) is 0 Å². The lowest BCUT2D eigenvalue weighted by molar-refractivity contribution is 0.00427. The van der Waals surface area contributed by atoms with Gasteiger partial charge in [-0.2, -0.15) is 0 Å². The second kappa shape index (κ2) is 7.26. The number of nitrogens with zero attached hydrogens (tertiary/aromatic N) is 3. The van der Waals surface area contributed by atoms with Crippen LogP contribution in [0.4, 0.5) is 0 Å². The molecule has 1 aliphatic carbocycles. The largest absolute Gasteiger partial charge is 0.396 e. The molecule has 0 spiro atoms. The zero-order valence-electron chi connectivity index (χ0n) is 14.8. The summed E-state index contributed by atoms with van der Waals surface area (Å²) in [6.07, 6.45) is 8.09. The maximum Gasteiger partial charge on any atom is 0.147 e. The van der Waals surface area contributed by atoms with Crippen molar-refractivity contribution in [2.75, 3.05) is 6.61 Å². The quantitative estimate of drug-likeness (QED) is 0.848. The van der Waals surface area contributed by atoms with Gasteiger partial charge in [-0.15, -0.1) is 10.2 Å². The molecule has 0 saturated heterocycles. The molecular formula is C20H28N4O. The normalized spacial score (nSPS) is 20.4. The van der Waals surface area contributed by atoms with Gasteiger partial charge in [0.05, 0.1) is 13.2 Å². The molecule has 134 valence electrons. The summed E-state index contributed by atoms with van der Waals surface area (Å²) in [7, 11) is 0. The average Bonchev–Trinajstić information content (AvgIpc) is 2.84. The predicted octanol–water partition coefficient (Wildman–Crippen LogP) is 3.00. The van der Waals surface area contributed by atoms with Crippen molar-refractivity contribution in [1.29, 1.82) is 0 Å². The van der Waals surface area contributed by atoms with Crippen LogP contribution in [0.15, 0.2) is 30.3 Å². The first-order valence-electron chi connectivity index (χ1n) is 9.62. The van der Waals surface area contributed by atoms with Crippen LogP contribution in [0.3, 0.4) is 0 Å². The van der Waals surface area contributed by atoms with Gasteiger partial charge in [-0.1, -0.05) is 43.2 Å². The smallest absolute Gasteiger partial charge is 0.147 e. The van der Waals surface area contributed by atoms with Gasteiger partial charge < -0.3 is 15.0 Å². The van der Waals surface area contributed by atoms with Crippen molar-refractivity contribution in [3.63, 3.8) is 0 Å². The molecule has 2 heterocycles. The molecule has 1 aliphatic heterocycles. The lowest BCUT2D eigenvalue weighted by Gasteiger charge is -2.47. The molecule has 5 heteroatoms. The van der Waals surface area contributed by atoms with Crippen molar-refractivity contribution >= 4 is 0 Å². The minimum atomic E-state index is -0.0387. The number of aromatic nitrogens is 3. The minimum absolute atomic E-state index is 0.0387. The van der Waals surface area contributed by atoms with Gasteiger partial charge in [0.1, 0.15) is 11.6 Å². The van der Waals surface area contributed by atoms with Crippen LogP contribution in [0, 0.1) is 5.41 Å². The van der Waals surface area contributed by atoms with E-state index in [4.69, 9.17) is 0 Å². The molecule has 5 nitrogen and oxygen atoms in total. The first kappa shape index (κ1) is 16.7. The van der Waals surface area contributed by atoms with Crippen molar-refractivity contribution in [2.24, 2.45) is 5.41 Å². The molecule has 0 bridgehead atoms. The highest BCUT2D eigenvalue weighted by molar-refractivity contribution is 5.23. The van der Waals surface area contributed by atoms with Crippen LogP contribution in [-0.2, 0) is 19.5 Å². The van der Waals surface area contributed by atoms with Crippen LogP contribution in [0.2, 0.25) is 0 Å². The Kier molecular flexibility index (Phi) is 4.86. The standard InChI is InChI=1S/C20H28N4O/c25-15-20(11-7-12-20)19(16-8-3-1-4-9-16)21-14-18-23-22-17-10-5-2-6-13-24(17)18/h1,3-4,8-9,19,21,25H,2,5-7,10-15H2. The van der Waals surface area contributed by atoms with Gasteiger partial charge in [0.15, 0.2) is 0 Å². The zero-order valence-corrected chi connectivity index (χ0v) is 14.8. The number of aryl methyl sites for hydroxylation is 1. The fourth-order valence-corrected chi connectivity index (χ4v) is 4.37. The van der Waals surface area contributed by atoms with Gasteiger partial charge in [-0.05, 0) is 31.2 Å². The molecule has 1 unspecified atom stereocenters. The van der Waals surface area contributed by atoms with E-state index in [0.717, 1.165) is 37.5 Å². The average molecular weight is 340 g/mol. The summed E-state index contributed by atoms with van der Waals surface area (Å²) in [4.78, 5) is 0. The van der Waals surface area contributed by atoms with Crippen molar-refractivity contribution in [2.45, 2.75) is 64.1 Å². The SMILES string of the molecule is OCC1(C(NCc2nnc3n2CCCCC3)c2ccccc2)CCC1. The summed E-state index contributed by atoms with van der Waals surface area (Å²) < 4.78 is 2.30. The van der Waals surface area contributed by atoms with Crippen molar-refractivity contribution in [3.05, 3.63) is 47.5 Å². The Balaban J connectivity index is 1.55. The van der Waals surface area contributed by atoms with E-state index >= 15 is 0 Å². The molecule has 0 amide bonds. The summed E-state index contributed by atoms with van der Waals surface area (Å²) in [6.45, 7) is 1.96. The molecule has 25 heavy (non-hydrogen) atoms.